The Balaban J connectivity index is 2.81. The first-order valence-electron chi connectivity index (χ1n) is 4.82. The van der Waals surface area contributed by atoms with Gasteiger partial charge >= 0.3 is 0 Å². The van der Waals surface area contributed by atoms with Crippen molar-refractivity contribution in [3.63, 3.8) is 0 Å². The van der Waals surface area contributed by atoms with Crippen molar-refractivity contribution in [3.8, 4) is 0 Å². The van der Waals surface area contributed by atoms with E-state index in [2.05, 4.69) is 13.0 Å². The molecule has 0 atom stereocenters. The predicted molar refractivity (Wildman–Crippen MR) is 55.2 cm³/mol. The van der Waals surface area contributed by atoms with E-state index in [4.69, 9.17) is 0 Å². The molecule has 0 aliphatic carbocycles. The Kier molecular flexibility index (Phi) is 3.69. The van der Waals surface area contributed by atoms with Crippen molar-refractivity contribution in [3.05, 3.63) is 34.9 Å². The van der Waals surface area contributed by atoms with E-state index in [1.807, 2.05) is 19.1 Å². The van der Waals surface area contributed by atoms with Crippen LogP contribution in [0, 0.1) is 6.92 Å². The van der Waals surface area contributed by atoms with Gasteiger partial charge in [-0.15, -0.1) is 0 Å². The van der Waals surface area contributed by atoms with Crippen molar-refractivity contribution in [2.75, 3.05) is 0 Å². The van der Waals surface area contributed by atoms with Crippen molar-refractivity contribution in [2.24, 2.45) is 0 Å². The number of hydrogen-bond donors (Lipinski definition) is 0. The molecule has 1 aromatic rings. The van der Waals surface area contributed by atoms with Crippen molar-refractivity contribution >= 4 is 6.29 Å². The summed E-state index contributed by atoms with van der Waals surface area (Å²) in [5, 5.41) is 0. The van der Waals surface area contributed by atoms with Crippen LogP contribution in [0.3, 0.4) is 0 Å². The first-order chi connectivity index (χ1) is 6.26. The number of benzene rings is 1. The van der Waals surface area contributed by atoms with Gasteiger partial charge in [-0.25, -0.2) is 0 Å². The molecule has 13 heavy (non-hydrogen) atoms. The number of aldehydes is 1. The average Bonchev–Trinajstić information content (AvgIpc) is 2.14. The Morgan fingerprint density at radius 2 is 2.08 bits per heavy atom. The minimum atomic E-state index is 0.797. The van der Waals surface area contributed by atoms with Gasteiger partial charge < -0.3 is 0 Å². The van der Waals surface area contributed by atoms with Crippen molar-refractivity contribution in [2.45, 2.75) is 33.1 Å². The van der Waals surface area contributed by atoms with Crippen molar-refractivity contribution in [1.29, 1.82) is 0 Å². The molecule has 1 aromatic carbocycles. The summed E-state index contributed by atoms with van der Waals surface area (Å²) in [6, 6.07) is 6.06. The molecule has 0 spiro atoms. The van der Waals surface area contributed by atoms with Gasteiger partial charge in [0.1, 0.15) is 6.29 Å². The first-order valence-corrected chi connectivity index (χ1v) is 4.82. The smallest absolute Gasteiger partial charge is 0.150 e. The molecular formula is C12H16O. The van der Waals surface area contributed by atoms with Gasteiger partial charge in [-0.3, -0.25) is 4.79 Å². The molecule has 1 rings (SSSR count). The molecule has 0 aliphatic heterocycles. The SMILES string of the molecule is CCCCc1cc(C)cc(C=O)c1. The van der Waals surface area contributed by atoms with Gasteiger partial charge in [0.15, 0.2) is 0 Å². The zero-order valence-corrected chi connectivity index (χ0v) is 8.34. The standard InChI is InChI=1S/C12H16O/c1-3-4-5-11-6-10(2)7-12(8-11)9-13/h6-9H,3-5H2,1-2H3. The average molecular weight is 176 g/mol. The monoisotopic (exact) mass is 176 g/mol. The highest BCUT2D eigenvalue weighted by atomic mass is 16.1. The van der Waals surface area contributed by atoms with Gasteiger partial charge in [0, 0.05) is 5.56 Å². The Bertz CT molecular complexity index is 289. The molecular weight excluding hydrogens is 160 g/mol. The highest BCUT2D eigenvalue weighted by molar-refractivity contribution is 5.75. The molecule has 0 amide bonds. The number of aryl methyl sites for hydroxylation is 2. The molecule has 0 saturated carbocycles. The molecule has 0 aromatic heterocycles. The van der Waals surface area contributed by atoms with Gasteiger partial charge in [-0.1, -0.05) is 25.0 Å². The Morgan fingerprint density at radius 1 is 1.31 bits per heavy atom. The van der Waals surface area contributed by atoms with Crippen LogP contribution in [0.4, 0.5) is 0 Å². The van der Waals surface area contributed by atoms with Crippen LogP contribution in [0.5, 0.6) is 0 Å². The zero-order valence-electron chi connectivity index (χ0n) is 8.34. The third kappa shape index (κ3) is 3.02. The lowest BCUT2D eigenvalue weighted by atomic mass is 10.0. The summed E-state index contributed by atoms with van der Waals surface area (Å²) in [6.45, 7) is 4.21. The summed E-state index contributed by atoms with van der Waals surface area (Å²) in [5.41, 5.74) is 3.26. The fraction of sp³-hybridized carbons (Fsp3) is 0.417. The predicted octanol–water partition coefficient (Wildman–Crippen LogP) is 3.15. The van der Waals surface area contributed by atoms with E-state index in [1.54, 1.807) is 0 Å². The van der Waals surface area contributed by atoms with E-state index < -0.39 is 0 Å². The maximum atomic E-state index is 10.6. The Morgan fingerprint density at radius 3 is 2.69 bits per heavy atom. The summed E-state index contributed by atoms with van der Waals surface area (Å²) in [5.74, 6) is 0. The van der Waals surface area contributed by atoms with E-state index in [9.17, 15) is 4.79 Å². The van der Waals surface area contributed by atoms with Gasteiger partial charge in [-0.05, 0) is 37.5 Å². The van der Waals surface area contributed by atoms with E-state index in [0.29, 0.717) is 0 Å². The summed E-state index contributed by atoms with van der Waals surface area (Å²) in [4.78, 5) is 10.6. The second-order valence-electron chi connectivity index (χ2n) is 3.47. The van der Waals surface area contributed by atoms with Gasteiger partial charge in [0.05, 0.1) is 0 Å². The third-order valence-electron chi connectivity index (χ3n) is 2.11. The lowest BCUT2D eigenvalue weighted by Gasteiger charge is -2.02. The van der Waals surface area contributed by atoms with Crippen LogP contribution < -0.4 is 0 Å². The summed E-state index contributed by atoms with van der Waals surface area (Å²) in [7, 11) is 0. The minimum Gasteiger partial charge on any atom is -0.298 e. The molecule has 0 aliphatic rings. The summed E-state index contributed by atoms with van der Waals surface area (Å²) >= 11 is 0. The lowest BCUT2D eigenvalue weighted by molar-refractivity contribution is 0.112. The third-order valence-corrected chi connectivity index (χ3v) is 2.11. The van der Waals surface area contributed by atoms with Crippen LogP contribution in [0.1, 0.15) is 41.3 Å². The van der Waals surface area contributed by atoms with Gasteiger partial charge in [0.25, 0.3) is 0 Å². The normalized spacial score (nSPS) is 10.0. The van der Waals surface area contributed by atoms with Crippen LogP contribution in [0.2, 0.25) is 0 Å². The fourth-order valence-electron chi connectivity index (χ4n) is 1.49. The van der Waals surface area contributed by atoms with Gasteiger partial charge in [-0.2, -0.15) is 0 Å². The fourth-order valence-corrected chi connectivity index (χ4v) is 1.49. The summed E-state index contributed by atoms with van der Waals surface area (Å²) < 4.78 is 0. The number of hydrogen-bond acceptors (Lipinski definition) is 1. The van der Waals surface area contributed by atoms with Crippen LogP contribution in [0.15, 0.2) is 18.2 Å². The molecule has 0 saturated heterocycles. The highest BCUT2D eigenvalue weighted by Crippen LogP contribution is 2.10. The van der Waals surface area contributed by atoms with Gasteiger partial charge in [0.2, 0.25) is 0 Å². The van der Waals surface area contributed by atoms with E-state index in [-0.39, 0.29) is 0 Å². The van der Waals surface area contributed by atoms with Crippen LogP contribution in [0.25, 0.3) is 0 Å². The minimum absolute atomic E-state index is 0.797. The van der Waals surface area contributed by atoms with Crippen LogP contribution in [-0.2, 0) is 6.42 Å². The second kappa shape index (κ2) is 4.80. The molecule has 70 valence electrons. The van der Waals surface area contributed by atoms with Crippen molar-refractivity contribution in [1.82, 2.24) is 0 Å². The second-order valence-corrected chi connectivity index (χ2v) is 3.47. The Labute approximate surface area is 79.8 Å². The number of rotatable bonds is 4. The molecule has 0 N–H and O–H groups in total. The first kappa shape index (κ1) is 9.97. The molecule has 0 fully saturated rings. The van der Waals surface area contributed by atoms with Crippen LogP contribution >= 0.6 is 0 Å². The Hall–Kier alpha value is -1.11. The topological polar surface area (TPSA) is 17.1 Å². The molecule has 0 radical (unpaired) electrons. The molecule has 1 nitrogen and oxygen atoms in total. The molecule has 0 heterocycles. The molecule has 0 bridgehead atoms. The van der Waals surface area contributed by atoms with Crippen molar-refractivity contribution < 1.29 is 4.79 Å². The quantitative estimate of drug-likeness (QED) is 0.644. The number of carbonyl (C=O) groups is 1. The lowest BCUT2D eigenvalue weighted by Crippen LogP contribution is -1.89. The highest BCUT2D eigenvalue weighted by Gasteiger charge is 1.97. The largest absolute Gasteiger partial charge is 0.298 e. The molecule has 1 heteroatoms. The zero-order chi connectivity index (χ0) is 9.68. The van der Waals surface area contributed by atoms with E-state index in [1.165, 1.54) is 24.0 Å². The number of unbranched alkanes of at least 4 members (excludes halogenated alkanes) is 1. The van der Waals surface area contributed by atoms with Crippen LogP contribution in [-0.4, -0.2) is 6.29 Å². The van der Waals surface area contributed by atoms with E-state index >= 15 is 0 Å². The maximum Gasteiger partial charge on any atom is 0.150 e. The maximum absolute atomic E-state index is 10.6. The van der Waals surface area contributed by atoms with E-state index in [0.717, 1.165) is 18.3 Å². The summed E-state index contributed by atoms with van der Waals surface area (Å²) in [6.07, 6.45) is 4.40. The number of carbonyl (C=O) groups excluding carboxylic acids is 1. The molecule has 0 unspecified atom stereocenters.